The Morgan fingerprint density at radius 3 is 0.852 bits per heavy atom. The summed E-state index contributed by atoms with van der Waals surface area (Å²) in [7, 11) is 0. The van der Waals surface area contributed by atoms with Gasteiger partial charge in [-0.1, -0.05) is 287 Å². The van der Waals surface area contributed by atoms with Gasteiger partial charge in [0.05, 0.1) is 26.5 Å². The van der Waals surface area contributed by atoms with Gasteiger partial charge in [-0.15, -0.1) is 0 Å². The first-order valence-electron chi connectivity index (χ1n) is 36.0. The van der Waals surface area contributed by atoms with Gasteiger partial charge in [0, 0.05) is 55.0 Å². The summed E-state index contributed by atoms with van der Waals surface area (Å²) in [6.07, 6.45) is 0. The predicted molar refractivity (Wildman–Crippen MR) is 385 cm³/mol. The van der Waals surface area contributed by atoms with E-state index in [1.54, 1.807) is 12.1 Å². The maximum atomic E-state index is 10.3. The van der Waals surface area contributed by atoms with Crippen LogP contribution < -0.4 is 9.80 Å². The molecule has 0 aliphatic heterocycles. The molecule has 0 fully saturated rings. The maximum absolute atomic E-state index is 10.3. The molecule has 88 heavy (non-hydrogen) atoms. The normalized spacial score (nSPS) is 14.3. The number of halogens is 2. The van der Waals surface area contributed by atoms with Gasteiger partial charge in [-0.25, -0.2) is 0 Å². The molecule has 10 aromatic rings. The molecule has 0 N–H and O–H groups in total. The van der Waals surface area contributed by atoms with Gasteiger partial charge in [-0.2, -0.15) is 0 Å². The zero-order valence-electron chi connectivity index (χ0n) is 65.6. The Labute approximate surface area is 553 Å². The van der Waals surface area contributed by atoms with E-state index in [9.17, 15) is 11.0 Å². The average molecular weight is 1210 g/mol. The highest BCUT2D eigenvalue weighted by atomic mass is 35.5. The highest BCUT2D eigenvalue weighted by Crippen LogP contribution is 2.55. The number of rotatable bonds is 11. The third-order valence-corrected chi connectivity index (χ3v) is 16.9. The van der Waals surface area contributed by atoms with Gasteiger partial charge >= 0.3 is 0 Å². The summed E-state index contributed by atoms with van der Waals surface area (Å²) in [5, 5.41) is -0.583. The van der Waals surface area contributed by atoms with Crippen LogP contribution in [0.3, 0.4) is 0 Å². The molecule has 0 amide bonds. The van der Waals surface area contributed by atoms with Crippen molar-refractivity contribution >= 4 is 57.3 Å². The van der Waals surface area contributed by atoms with Gasteiger partial charge in [0.2, 0.25) is 0 Å². The number of nitrogens with zero attached hydrogens (tertiary/aromatic N) is 2. The van der Waals surface area contributed by atoms with Crippen LogP contribution >= 0.6 is 23.2 Å². The molecular weight excluding hydrogens is 1110 g/mol. The molecule has 0 bridgehead atoms. The van der Waals surface area contributed by atoms with Gasteiger partial charge in [0.25, 0.3) is 0 Å². The minimum Gasteiger partial charge on any atom is -0.309 e. The molecule has 10 aromatic carbocycles. The molecule has 4 heteroatoms. The zero-order valence-corrected chi connectivity index (χ0v) is 56.1. The molecule has 2 nitrogen and oxygen atoms in total. The lowest BCUT2D eigenvalue weighted by Gasteiger charge is -2.36. The van der Waals surface area contributed by atoms with Gasteiger partial charge in [0.1, 0.15) is 0 Å². The fraction of sp³-hybridized carbons (Fsp3) is 0.286. The smallest absolute Gasteiger partial charge is 0.0661 e. The van der Waals surface area contributed by atoms with Gasteiger partial charge < -0.3 is 9.80 Å². The summed E-state index contributed by atoms with van der Waals surface area (Å²) in [5.41, 5.74) is 11.5. The van der Waals surface area contributed by atoms with Crippen LogP contribution in [0.5, 0.6) is 0 Å². The third kappa shape index (κ3) is 13.8. The van der Waals surface area contributed by atoms with Crippen LogP contribution in [0.25, 0.3) is 55.6 Å². The largest absolute Gasteiger partial charge is 0.309 e. The lowest BCUT2D eigenvalue weighted by molar-refractivity contribution is 0.589. The second-order valence-corrected chi connectivity index (χ2v) is 30.3. The second-order valence-electron chi connectivity index (χ2n) is 29.5. The van der Waals surface area contributed by atoms with E-state index in [4.69, 9.17) is 27.3 Å². The summed E-state index contributed by atoms with van der Waals surface area (Å²) >= 11 is 14.5. The van der Waals surface area contributed by atoms with Crippen molar-refractivity contribution in [2.45, 2.75) is 157 Å². The average Bonchev–Trinajstić information content (AvgIpc) is 0.731. The molecule has 0 spiro atoms. The van der Waals surface area contributed by atoms with Crippen LogP contribution in [0.4, 0.5) is 34.1 Å². The first-order chi connectivity index (χ1) is 45.8. The molecule has 0 heterocycles. The Morgan fingerprint density at radius 2 is 0.568 bits per heavy atom. The minimum atomic E-state index is -0.598. The minimum absolute atomic E-state index is 0.0757. The topological polar surface area (TPSA) is 6.48 Å². The molecule has 0 saturated heterocycles. The van der Waals surface area contributed by atoms with Crippen LogP contribution in [0, 0.1) is 0 Å². The standard InChI is InChI=1S/C84H90Cl2N2/c1-79(2,3)61-34-22-30-56(42-61)73-48-65(83(13,14)15)49-74(57-31-23-35-62(43-57)80(4,5)6)77(73)87(69-40-26-38-67(85)52-69)71-46-60(55-28-20-19-21-29-55)47-72(54-71)88(70-41-27-39-68(86)53-70)78-75(58-32-24-36-63(44-58)81(7,8)9)50-66(84(16,17)18)51-76(78)59-33-25-37-64(45-59)82(10,11)12/h19-54H,1-18H3/i19D,20D,21D,26D,27D,28D,29D,38D,39D,52D,53D. The van der Waals surface area contributed by atoms with Crippen LogP contribution in [-0.2, 0) is 32.5 Å². The van der Waals surface area contributed by atoms with E-state index in [0.29, 0.717) is 33.6 Å². The fourth-order valence-electron chi connectivity index (χ4n) is 11.2. The Balaban J connectivity index is 1.54. The van der Waals surface area contributed by atoms with Crippen molar-refractivity contribution < 1.29 is 15.1 Å². The molecule has 0 aliphatic rings. The van der Waals surface area contributed by atoms with E-state index >= 15 is 0 Å². The maximum Gasteiger partial charge on any atom is 0.0661 e. The molecule has 0 atom stereocenters. The quantitative estimate of drug-likeness (QED) is 0.127. The van der Waals surface area contributed by atoms with E-state index < -0.39 is 41.0 Å². The number of benzene rings is 10. The van der Waals surface area contributed by atoms with Gasteiger partial charge in [0.15, 0.2) is 0 Å². The first-order valence-corrected chi connectivity index (χ1v) is 31.2. The Hall–Kier alpha value is -7.62. The molecule has 0 saturated carbocycles. The summed E-state index contributed by atoms with van der Waals surface area (Å²) in [6, 6.07) is 45.7. The predicted octanol–water partition coefficient (Wildman–Crippen LogP) is 26.1. The monoisotopic (exact) mass is 1210 g/mol. The van der Waals surface area contributed by atoms with E-state index in [-0.39, 0.29) is 102 Å². The van der Waals surface area contributed by atoms with Crippen molar-refractivity contribution in [2.24, 2.45) is 0 Å². The molecule has 10 rings (SSSR count). The van der Waals surface area contributed by atoms with Crippen LogP contribution in [-0.4, -0.2) is 0 Å². The fourth-order valence-corrected chi connectivity index (χ4v) is 11.5. The molecule has 0 aliphatic carbocycles. The molecule has 0 unspecified atom stereocenters. The lowest BCUT2D eigenvalue weighted by atomic mass is 9.79. The van der Waals surface area contributed by atoms with E-state index in [0.717, 1.165) is 55.6 Å². The first kappa shape index (κ1) is 50.3. The highest BCUT2D eigenvalue weighted by molar-refractivity contribution is 6.31. The highest BCUT2D eigenvalue weighted by Gasteiger charge is 2.32. The van der Waals surface area contributed by atoms with Crippen molar-refractivity contribution in [1.29, 1.82) is 0 Å². The van der Waals surface area contributed by atoms with E-state index in [1.807, 2.05) is 40.1 Å². The van der Waals surface area contributed by atoms with E-state index in [2.05, 4.69) is 222 Å². The molecule has 450 valence electrons. The van der Waals surface area contributed by atoms with Gasteiger partial charge in [-0.05, 0) is 178 Å². The van der Waals surface area contributed by atoms with Crippen LogP contribution in [0.15, 0.2) is 218 Å². The molecule has 0 radical (unpaired) electrons. The Morgan fingerprint density at radius 1 is 0.273 bits per heavy atom. The summed E-state index contributed by atoms with van der Waals surface area (Å²) in [4.78, 5) is 3.72. The summed E-state index contributed by atoms with van der Waals surface area (Å²) in [5.74, 6) is 0. The zero-order chi connectivity index (χ0) is 73.0. The molecular formula is C84H90Cl2N2. The third-order valence-electron chi connectivity index (χ3n) is 16.5. The number of hydrogen-bond acceptors (Lipinski definition) is 2. The second kappa shape index (κ2) is 24.1. The van der Waals surface area contributed by atoms with Crippen LogP contribution in [0.1, 0.15) is 173 Å². The van der Waals surface area contributed by atoms with Gasteiger partial charge in [-0.3, -0.25) is 0 Å². The molecule has 0 aromatic heterocycles. The van der Waals surface area contributed by atoms with Crippen molar-refractivity contribution in [3.8, 4) is 55.6 Å². The lowest BCUT2D eigenvalue weighted by Crippen LogP contribution is -2.19. The van der Waals surface area contributed by atoms with Crippen molar-refractivity contribution in [3.05, 3.63) is 262 Å². The van der Waals surface area contributed by atoms with Crippen molar-refractivity contribution in [3.63, 3.8) is 0 Å². The summed E-state index contributed by atoms with van der Waals surface area (Å²) < 4.78 is 105. The Kier molecular flexibility index (Phi) is 13.7. The Bertz CT molecular complexity index is 4400. The van der Waals surface area contributed by atoms with Crippen LogP contribution in [0.2, 0.25) is 10.0 Å². The van der Waals surface area contributed by atoms with E-state index in [1.165, 1.54) is 12.1 Å². The number of hydrogen-bond donors (Lipinski definition) is 0. The number of anilines is 6. The van der Waals surface area contributed by atoms with Crippen molar-refractivity contribution in [2.75, 3.05) is 9.80 Å². The summed E-state index contributed by atoms with van der Waals surface area (Å²) in [6.45, 7) is 38.9. The van der Waals surface area contributed by atoms with Crippen molar-refractivity contribution in [1.82, 2.24) is 0 Å². The SMILES string of the molecule is [2H]c1cc(N(c2cc(-c3c([2H])c([2H])c([2H])c([2H])c3[2H])cc(N(c3cc([2H])c([2H])c(Cl)c3[2H])c3c(-c4cccc(C(C)(C)C)c4)cc(C(C)(C)C)cc3-c3cccc(C(C)(C)C)c3)c2)c2c(-c3cccc(C(C)(C)C)c3)cc(C(C)(C)C)cc2-c2cccc(C(C)(C)C)c2)c([2H])c(Cl)c1[2H].